The number of carbonyl (C=O) groups is 4. The number of nitrogens with zero attached hydrogens (tertiary/aromatic N) is 1. The molecule has 1 aliphatic heterocycles. The average molecular weight is 390 g/mol. The lowest BCUT2D eigenvalue weighted by molar-refractivity contribution is -0.148. The number of carbonyl (C=O) groups excluding carboxylic acids is 4. The Hall–Kier alpha value is -2.70. The van der Waals surface area contributed by atoms with Gasteiger partial charge in [0.2, 0.25) is 17.7 Å². The molecule has 1 N–H and O–H groups in total. The molecule has 0 aliphatic carbocycles. The molecule has 1 heterocycles. The van der Waals surface area contributed by atoms with Crippen LogP contribution in [0.25, 0.3) is 0 Å². The van der Waals surface area contributed by atoms with Crippen molar-refractivity contribution in [2.45, 2.75) is 47.1 Å². The van der Waals surface area contributed by atoms with Crippen molar-refractivity contribution in [3.63, 3.8) is 0 Å². The maximum atomic E-state index is 12.3. The highest BCUT2D eigenvalue weighted by Gasteiger charge is 2.39. The molecule has 2 rings (SSSR count). The largest absolute Gasteiger partial charge is 0.461 e. The molecular formula is C21H30N2O5. The summed E-state index contributed by atoms with van der Waals surface area (Å²) in [7, 11) is 0. The summed E-state index contributed by atoms with van der Waals surface area (Å²) in [4.78, 5) is 49.1. The number of amides is 3. The Labute approximate surface area is 166 Å². The van der Waals surface area contributed by atoms with Gasteiger partial charge in [-0.2, -0.15) is 0 Å². The zero-order valence-corrected chi connectivity index (χ0v) is 16.9. The van der Waals surface area contributed by atoms with Crippen LogP contribution in [0.2, 0.25) is 0 Å². The van der Waals surface area contributed by atoms with E-state index >= 15 is 0 Å². The molecule has 0 spiro atoms. The fourth-order valence-electron chi connectivity index (χ4n) is 2.91. The third kappa shape index (κ3) is 5.65. The van der Waals surface area contributed by atoms with E-state index in [4.69, 9.17) is 4.74 Å². The van der Waals surface area contributed by atoms with Gasteiger partial charge in [-0.3, -0.25) is 24.1 Å². The van der Waals surface area contributed by atoms with Crippen molar-refractivity contribution >= 4 is 29.4 Å². The van der Waals surface area contributed by atoms with E-state index in [1.807, 2.05) is 13.8 Å². The van der Waals surface area contributed by atoms with Crippen LogP contribution >= 0.6 is 0 Å². The zero-order chi connectivity index (χ0) is 20.8. The van der Waals surface area contributed by atoms with Gasteiger partial charge >= 0.3 is 5.97 Å². The Balaban J connectivity index is 0.00000420. The maximum Gasteiger partial charge on any atom is 0.308 e. The topological polar surface area (TPSA) is 92.8 Å². The maximum absolute atomic E-state index is 12.3. The first-order valence-corrected chi connectivity index (χ1v) is 9.58. The molecule has 1 atom stereocenters. The molecule has 1 unspecified atom stereocenters. The van der Waals surface area contributed by atoms with Gasteiger partial charge in [-0.05, 0) is 23.6 Å². The molecule has 3 amide bonds. The van der Waals surface area contributed by atoms with E-state index in [1.54, 1.807) is 38.1 Å². The van der Waals surface area contributed by atoms with Crippen molar-refractivity contribution in [2.75, 3.05) is 11.9 Å². The van der Waals surface area contributed by atoms with Gasteiger partial charge in [-0.1, -0.05) is 39.8 Å². The molecule has 1 aliphatic rings. The van der Waals surface area contributed by atoms with Crippen molar-refractivity contribution in [3.8, 4) is 0 Å². The second kappa shape index (κ2) is 9.48. The first-order chi connectivity index (χ1) is 13.2. The summed E-state index contributed by atoms with van der Waals surface area (Å²) in [5.41, 5.74) is 1.42. The minimum Gasteiger partial charge on any atom is -0.461 e. The number of hydrogen-bond donors (Lipinski definition) is 1. The highest BCUT2D eigenvalue weighted by molar-refractivity contribution is 6.04. The van der Waals surface area contributed by atoms with Crippen LogP contribution in [0.4, 0.5) is 5.69 Å². The minimum absolute atomic E-state index is 0. The number of anilines is 1. The van der Waals surface area contributed by atoms with Crippen LogP contribution in [-0.2, 0) is 30.5 Å². The van der Waals surface area contributed by atoms with Crippen LogP contribution in [-0.4, -0.2) is 35.1 Å². The number of rotatable bonds is 8. The molecular weight excluding hydrogens is 360 g/mol. The summed E-state index contributed by atoms with van der Waals surface area (Å²) in [6.07, 6.45) is 0.275. The first-order valence-electron chi connectivity index (χ1n) is 9.58. The predicted octanol–water partition coefficient (Wildman–Crippen LogP) is 2.99. The molecule has 0 saturated carbocycles. The first kappa shape index (κ1) is 21.6. The number of nitrogens with one attached hydrogen (secondary N) is 1. The van der Waals surface area contributed by atoms with E-state index in [2.05, 4.69) is 5.32 Å². The number of benzene rings is 1. The van der Waals surface area contributed by atoms with E-state index in [1.165, 1.54) is 4.90 Å². The van der Waals surface area contributed by atoms with E-state index < -0.39 is 0 Å². The fourth-order valence-corrected chi connectivity index (χ4v) is 2.91. The Morgan fingerprint density at radius 1 is 1.18 bits per heavy atom. The minimum atomic E-state index is -0.284. The molecule has 1 fully saturated rings. The monoisotopic (exact) mass is 390 g/mol. The third-order valence-electron chi connectivity index (χ3n) is 4.74. The van der Waals surface area contributed by atoms with E-state index in [-0.39, 0.29) is 68.9 Å². The van der Waals surface area contributed by atoms with Crippen molar-refractivity contribution < 1.29 is 25.3 Å². The highest BCUT2D eigenvalue weighted by Crippen LogP contribution is 2.26. The number of esters is 1. The Morgan fingerprint density at radius 2 is 1.82 bits per heavy atom. The Bertz CT molecular complexity index is 746. The smallest absolute Gasteiger partial charge is 0.308 e. The van der Waals surface area contributed by atoms with Crippen molar-refractivity contribution in [1.82, 2.24) is 4.90 Å². The van der Waals surface area contributed by atoms with Gasteiger partial charge in [-0.25, -0.2) is 0 Å². The molecule has 28 heavy (non-hydrogen) atoms. The van der Waals surface area contributed by atoms with E-state index in [0.717, 1.165) is 5.56 Å². The molecule has 0 aromatic heterocycles. The van der Waals surface area contributed by atoms with Gasteiger partial charge in [-0.15, -0.1) is 0 Å². The fraction of sp³-hybridized carbons (Fsp3) is 0.524. The Kier molecular flexibility index (Phi) is 7.31. The van der Waals surface area contributed by atoms with Gasteiger partial charge in [0.1, 0.15) is 6.61 Å². The van der Waals surface area contributed by atoms with Gasteiger partial charge in [0.25, 0.3) is 0 Å². The van der Waals surface area contributed by atoms with Crippen LogP contribution < -0.4 is 5.32 Å². The standard InChI is InChI=1S/C21H28N2O5.H2/c1-13(2)17-11-19(25)23(20(17)26)10-9-18(24)22-16-7-5-15(6-8-16)12-28-21(27)14(3)4;/h5-8,13-14,17H,9-12H2,1-4H3,(H,22,24);1H. The predicted molar refractivity (Wildman–Crippen MR) is 106 cm³/mol. The quantitative estimate of drug-likeness (QED) is 0.544. The van der Waals surface area contributed by atoms with Crippen molar-refractivity contribution in [2.24, 2.45) is 17.8 Å². The lowest BCUT2D eigenvalue weighted by Crippen LogP contribution is -2.34. The average Bonchev–Trinajstić information content (AvgIpc) is 2.93. The molecule has 1 saturated heterocycles. The van der Waals surface area contributed by atoms with Gasteiger partial charge in [0.05, 0.1) is 5.92 Å². The van der Waals surface area contributed by atoms with Crippen LogP contribution in [0.15, 0.2) is 24.3 Å². The van der Waals surface area contributed by atoms with Crippen molar-refractivity contribution in [1.29, 1.82) is 0 Å². The van der Waals surface area contributed by atoms with Crippen LogP contribution in [0.3, 0.4) is 0 Å². The van der Waals surface area contributed by atoms with Gasteiger partial charge in [0.15, 0.2) is 0 Å². The molecule has 1 aromatic carbocycles. The summed E-state index contributed by atoms with van der Waals surface area (Å²) in [6.45, 7) is 7.65. The molecule has 0 radical (unpaired) electrons. The normalized spacial score (nSPS) is 16.8. The molecule has 154 valence electrons. The van der Waals surface area contributed by atoms with Gasteiger partial charge < -0.3 is 10.1 Å². The second-order valence-corrected chi connectivity index (χ2v) is 7.70. The number of imide groups is 1. The van der Waals surface area contributed by atoms with E-state index in [0.29, 0.717) is 5.69 Å². The Morgan fingerprint density at radius 3 is 2.36 bits per heavy atom. The summed E-state index contributed by atoms with van der Waals surface area (Å²) in [6, 6.07) is 6.97. The van der Waals surface area contributed by atoms with Crippen LogP contribution in [0.1, 0.15) is 47.5 Å². The summed E-state index contributed by atoms with van der Waals surface area (Å²) in [5.74, 6) is -1.29. The molecule has 0 bridgehead atoms. The third-order valence-corrected chi connectivity index (χ3v) is 4.74. The lowest BCUT2D eigenvalue weighted by Gasteiger charge is -2.16. The van der Waals surface area contributed by atoms with Crippen LogP contribution in [0.5, 0.6) is 0 Å². The second-order valence-electron chi connectivity index (χ2n) is 7.70. The molecule has 7 nitrogen and oxygen atoms in total. The lowest BCUT2D eigenvalue weighted by atomic mass is 9.94. The van der Waals surface area contributed by atoms with E-state index in [9.17, 15) is 19.2 Å². The molecule has 1 aromatic rings. The highest BCUT2D eigenvalue weighted by atomic mass is 16.5. The van der Waals surface area contributed by atoms with Crippen LogP contribution in [0, 0.1) is 17.8 Å². The SMILES string of the molecule is CC(C)C(=O)OCc1ccc(NC(=O)CCN2C(=O)CC(C(C)C)C2=O)cc1.[HH]. The molecule has 7 heteroatoms. The summed E-state index contributed by atoms with van der Waals surface area (Å²) < 4.78 is 5.16. The van der Waals surface area contributed by atoms with Gasteiger partial charge in [0, 0.05) is 32.4 Å². The van der Waals surface area contributed by atoms with Crippen molar-refractivity contribution in [3.05, 3.63) is 29.8 Å². The zero-order valence-electron chi connectivity index (χ0n) is 16.9. The summed E-state index contributed by atoms with van der Waals surface area (Å²) >= 11 is 0. The number of hydrogen-bond acceptors (Lipinski definition) is 5. The number of ether oxygens (including phenoxy) is 1. The number of likely N-dealkylation sites (tertiary alicyclic amines) is 1. The summed E-state index contributed by atoms with van der Waals surface area (Å²) in [5, 5.41) is 2.74.